The fourth-order valence-electron chi connectivity index (χ4n) is 2.08. The highest BCUT2D eigenvalue weighted by molar-refractivity contribution is 5.83. The Bertz CT molecular complexity index is 696. The predicted octanol–water partition coefficient (Wildman–Crippen LogP) is 4.06. The van der Waals surface area contributed by atoms with Gasteiger partial charge < -0.3 is 14.2 Å². The minimum atomic E-state index is -2.98. The topological polar surface area (TPSA) is 52.1 Å². The maximum Gasteiger partial charge on any atom is 0.387 e. The Hall–Kier alpha value is -2.83. The van der Waals surface area contributed by atoms with Gasteiger partial charge in [-0.1, -0.05) is 12.1 Å². The van der Waals surface area contributed by atoms with Crippen molar-refractivity contribution in [1.29, 1.82) is 0 Å². The fraction of sp³-hybridized carbons (Fsp3) is 0.235. The molecule has 2 aromatic carbocycles. The van der Waals surface area contributed by atoms with E-state index in [1.165, 1.54) is 32.6 Å². The van der Waals surface area contributed by atoms with Gasteiger partial charge in [0.2, 0.25) is 5.75 Å². The number of hydrogen-bond donors (Lipinski definition) is 1. The van der Waals surface area contributed by atoms with Gasteiger partial charge in [-0.05, 0) is 36.8 Å². The Balaban J connectivity index is 2.22. The molecule has 0 aliphatic rings. The summed E-state index contributed by atoms with van der Waals surface area (Å²) in [5, 5.41) is 4.12. The minimum absolute atomic E-state index is 0.131. The number of anilines is 1. The fourth-order valence-corrected chi connectivity index (χ4v) is 2.08. The van der Waals surface area contributed by atoms with E-state index in [9.17, 15) is 8.78 Å². The number of benzene rings is 2. The van der Waals surface area contributed by atoms with Crippen molar-refractivity contribution in [2.24, 2.45) is 5.10 Å². The van der Waals surface area contributed by atoms with Crippen molar-refractivity contribution >= 4 is 11.9 Å². The standard InChI is InChI=1S/C17H18F2N2O3/c1-11-5-4-6-13(7-11)21-20-10-12-8-14(22-2)16(24-17(18)19)15(9-12)23-3/h4-10,17,21H,1-3H3/b20-10-. The lowest BCUT2D eigenvalue weighted by Gasteiger charge is -2.14. The van der Waals surface area contributed by atoms with E-state index in [2.05, 4.69) is 15.3 Å². The summed E-state index contributed by atoms with van der Waals surface area (Å²) in [6.45, 7) is -0.998. The van der Waals surface area contributed by atoms with Crippen LogP contribution in [0, 0.1) is 6.92 Å². The number of nitrogens with zero attached hydrogens (tertiary/aromatic N) is 1. The monoisotopic (exact) mass is 336 g/mol. The van der Waals surface area contributed by atoms with Crippen LogP contribution >= 0.6 is 0 Å². The molecule has 0 aromatic heterocycles. The molecular weight excluding hydrogens is 318 g/mol. The van der Waals surface area contributed by atoms with Crippen LogP contribution in [0.1, 0.15) is 11.1 Å². The summed E-state index contributed by atoms with van der Waals surface area (Å²) in [6.07, 6.45) is 1.53. The first kappa shape index (κ1) is 17.5. The van der Waals surface area contributed by atoms with Gasteiger partial charge in [-0.3, -0.25) is 5.43 Å². The van der Waals surface area contributed by atoms with Crippen molar-refractivity contribution in [3.05, 3.63) is 47.5 Å². The number of methoxy groups -OCH3 is 2. The van der Waals surface area contributed by atoms with Crippen LogP contribution in [0.2, 0.25) is 0 Å². The maximum atomic E-state index is 12.5. The maximum absolute atomic E-state index is 12.5. The zero-order valence-electron chi connectivity index (χ0n) is 13.5. The zero-order chi connectivity index (χ0) is 17.5. The lowest BCUT2D eigenvalue weighted by Crippen LogP contribution is -2.06. The van der Waals surface area contributed by atoms with Crippen LogP contribution in [0.3, 0.4) is 0 Å². The zero-order valence-corrected chi connectivity index (χ0v) is 13.5. The number of hydrazone groups is 1. The van der Waals surface area contributed by atoms with Gasteiger partial charge in [-0.25, -0.2) is 0 Å². The van der Waals surface area contributed by atoms with Gasteiger partial charge in [0.05, 0.1) is 26.1 Å². The third-order valence-corrected chi connectivity index (χ3v) is 3.12. The lowest BCUT2D eigenvalue weighted by molar-refractivity contribution is -0.0526. The van der Waals surface area contributed by atoms with Gasteiger partial charge in [0.1, 0.15) is 0 Å². The van der Waals surface area contributed by atoms with Crippen molar-refractivity contribution in [2.45, 2.75) is 13.5 Å². The van der Waals surface area contributed by atoms with Crippen molar-refractivity contribution in [3.8, 4) is 17.2 Å². The number of hydrogen-bond acceptors (Lipinski definition) is 5. The van der Waals surface area contributed by atoms with Crippen LogP contribution in [0.5, 0.6) is 17.2 Å². The number of halogens is 2. The van der Waals surface area contributed by atoms with E-state index in [0.29, 0.717) is 5.56 Å². The van der Waals surface area contributed by atoms with Gasteiger partial charge in [-0.15, -0.1) is 0 Å². The Kier molecular flexibility index (Phi) is 5.95. The Morgan fingerprint density at radius 2 is 1.75 bits per heavy atom. The molecule has 24 heavy (non-hydrogen) atoms. The quantitative estimate of drug-likeness (QED) is 0.612. The summed E-state index contributed by atoms with van der Waals surface area (Å²) in [5.41, 5.74) is 5.43. The average Bonchev–Trinajstić information content (AvgIpc) is 2.55. The van der Waals surface area contributed by atoms with E-state index in [0.717, 1.165) is 11.3 Å². The normalized spacial score (nSPS) is 10.9. The van der Waals surface area contributed by atoms with Crippen molar-refractivity contribution < 1.29 is 23.0 Å². The van der Waals surface area contributed by atoms with Gasteiger partial charge >= 0.3 is 6.61 Å². The highest BCUT2D eigenvalue weighted by Gasteiger charge is 2.17. The molecule has 0 aliphatic heterocycles. The molecule has 0 radical (unpaired) electrons. The molecule has 0 fully saturated rings. The number of aryl methyl sites for hydroxylation is 1. The van der Waals surface area contributed by atoms with Crippen LogP contribution in [-0.4, -0.2) is 27.0 Å². The lowest BCUT2D eigenvalue weighted by atomic mass is 10.2. The van der Waals surface area contributed by atoms with E-state index >= 15 is 0 Å². The predicted molar refractivity (Wildman–Crippen MR) is 88.6 cm³/mol. The van der Waals surface area contributed by atoms with Gasteiger partial charge in [0, 0.05) is 5.56 Å². The molecule has 0 saturated carbocycles. The number of ether oxygens (including phenoxy) is 3. The van der Waals surface area contributed by atoms with Gasteiger partial charge in [0.15, 0.2) is 11.5 Å². The molecular formula is C17H18F2N2O3. The molecule has 0 bridgehead atoms. The van der Waals surface area contributed by atoms with E-state index in [-0.39, 0.29) is 17.2 Å². The molecule has 0 heterocycles. The molecule has 128 valence electrons. The van der Waals surface area contributed by atoms with Crippen LogP contribution in [0.15, 0.2) is 41.5 Å². The first-order chi connectivity index (χ1) is 11.5. The van der Waals surface area contributed by atoms with Crippen molar-refractivity contribution in [3.63, 3.8) is 0 Å². The largest absolute Gasteiger partial charge is 0.493 e. The summed E-state index contributed by atoms with van der Waals surface area (Å²) in [4.78, 5) is 0. The summed E-state index contributed by atoms with van der Waals surface area (Å²) in [7, 11) is 2.72. The average molecular weight is 336 g/mol. The van der Waals surface area contributed by atoms with Crippen LogP contribution in [0.25, 0.3) is 0 Å². The van der Waals surface area contributed by atoms with E-state index in [1.54, 1.807) is 0 Å². The van der Waals surface area contributed by atoms with E-state index in [1.807, 2.05) is 31.2 Å². The molecule has 0 saturated heterocycles. The van der Waals surface area contributed by atoms with Gasteiger partial charge in [-0.2, -0.15) is 13.9 Å². The summed E-state index contributed by atoms with van der Waals surface area (Å²) in [6, 6.07) is 10.8. The third kappa shape index (κ3) is 4.58. The van der Waals surface area contributed by atoms with E-state index < -0.39 is 6.61 Å². The number of rotatable bonds is 7. The molecule has 7 heteroatoms. The Labute approximate surface area is 138 Å². The molecule has 0 aliphatic carbocycles. The second-order valence-electron chi connectivity index (χ2n) is 4.87. The Morgan fingerprint density at radius 1 is 1.08 bits per heavy atom. The molecule has 2 aromatic rings. The molecule has 2 rings (SSSR count). The molecule has 1 N–H and O–H groups in total. The second-order valence-corrected chi connectivity index (χ2v) is 4.87. The van der Waals surface area contributed by atoms with Gasteiger partial charge in [0.25, 0.3) is 0 Å². The highest BCUT2D eigenvalue weighted by Crippen LogP contribution is 2.39. The highest BCUT2D eigenvalue weighted by atomic mass is 19.3. The smallest absolute Gasteiger partial charge is 0.387 e. The minimum Gasteiger partial charge on any atom is -0.493 e. The first-order valence-electron chi connectivity index (χ1n) is 7.10. The van der Waals surface area contributed by atoms with Crippen molar-refractivity contribution in [1.82, 2.24) is 0 Å². The molecule has 0 spiro atoms. The van der Waals surface area contributed by atoms with Crippen molar-refractivity contribution in [2.75, 3.05) is 19.6 Å². The number of alkyl halides is 2. The first-order valence-corrected chi connectivity index (χ1v) is 7.10. The molecule has 0 unspecified atom stereocenters. The third-order valence-electron chi connectivity index (χ3n) is 3.12. The van der Waals surface area contributed by atoms with Crippen LogP contribution in [-0.2, 0) is 0 Å². The van der Waals surface area contributed by atoms with E-state index in [4.69, 9.17) is 9.47 Å². The van der Waals surface area contributed by atoms with Crippen LogP contribution < -0.4 is 19.6 Å². The molecule has 0 atom stereocenters. The Morgan fingerprint density at radius 3 is 2.29 bits per heavy atom. The van der Waals surface area contributed by atoms with Crippen LogP contribution in [0.4, 0.5) is 14.5 Å². The molecule has 0 amide bonds. The number of nitrogens with one attached hydrogen (secondary N) is 1. The summed E-state index contributed by atoms with van der Waals surface area (Å²) < 4.78 is 39.6. The summed E-state index contributed by atoms with van der Waals surface area (Å²) >= 11 is 0. The second kappa shape index (κ2) is 8.14. The molecule has 5 nitrogen and oxygen atoms in total. The SMILES string of the molecule is COc1cc(/C=N\Nc2cccc(C)c2)cc(OC)c1OC(F)F. The summed E-state index contributed by atoms with van der Waals surface area (Å²) in [5.74, 6) is 0.108.